The van der Waals surface area contributed by atoms with Crippen LogP contribution in [0.1, 0.15) is 30.6 Å². The van der Waals surface area contributed by atoms with Gasteiger partial charge in [0.05, 0.1) is 12.1 Å². The van der Waals surface area contributed by atoms with Crippen LogP contribution < -0.4 is 5.32 Å². The number of anilines is 1. The van der Waals surface area contributed by atoms with Crippen LogP contribution >= 0.6 is 0 Å². The molecule has 1 rings (SSSR count). The molecule has 1 atom stereocenters. The van der Waals surface area contributed by atoms with E-state index in [2.05, 4.69) is 10.1 Å². The number of rotatable bonds is 6. The van der Waals surface area contributed by atoms with Gasteiger partial charge in [-0.15, -0.1) is 0 Å². The molecule has 2 N–H and O–H groups in total. The third-order valence-corrected chi connectivity index (χ3v) is 3.04. The fraction of sp³-hybridized carbons (Fsp3) is 0.400. The number of halogens is 3. The number of hydrogen-bond acceptors (Lipinski definition) is 5. The number of hydrogen-bond donors (Lipinski definition) is 2. The Labute approximate surface area is 135 Å². The molecule has 0 aromatic heterocycles. The van der Waals surface area contributed by atoms with Crippen LogP contribution in [0.4, 0.5) is 18.9 Å². The molecule has 132 valence electrons. The average molecular weight is 347 g/mol. The maximum absolute atomic E-state index is 12.4. The molecule has 0 aliphatic rings. The van der Waals surface area contributed by atoms with E-state index in [9.17, 15) is 27.6 Å². The van der Waals surface area contributed by atoms with Crippen molar-refractivity contribution in [3.05, 3.63) is 29.8 Å². The molecule has 0 spiro atoms. The van der Waals surface area contributed by atoms with Gasteiger partial charge in [0.2, 0.25) is 0 Å². The van der Waals surface area contributed by atoms with Crippen molar-refractivity contribution in [2.75, 3.05) is 11.9 Å². The molecule has 0 aliphatic carbocycles. The number of carbonyl (C=O) groups excluding carboxylic acids is 3. The Hall–Kier alpha value is -2.42. The van der Waals surface area contributed by atoms with Gasteiger partial charge in [0.1, 0.15) is 0 Å². The van der Waals surface area contributed by atoms with Crippen molar-refractivity contribution >= 4 is 23.3 Å². The quantitative estimate of drug-likeness (QED) is 0.607. The van der Waals surface area contributed by atoms with Gasteiger partial charge in [0, 0.05) is 5.56 Å². The molecule has 24 heavy (non-hydrogen) atoms. The molecule has 0 saturated heterocycles. The van der Waals surface area contributed by atoms with Gasteiger partial charge in [-0.2, -0.15) is 13.2 Å². The van der Waals surface area contributed by atoms with Crippen LogP contribution in [0.5, 0.6) is 0 Å². The largest absolute Gasteiger partial charge is 0.455 e. The van der Waals surface area contributed by atoms with E-state index in [1.807, 2.05) is 0 Å². The van der Waals surface area contributed by atoms with E-state index in [1.54, 1.807) is 12.1 Å². The number of alkyl halides is 3. The zero-order valence-electron chi connectivity index (χ0n) is 12.9. The SMILES string of the molecule is CC(=O)c1ccccc1NC(=O)COC(=O)C[C@@](C)(O)C(F)(F)F. The van der Waals surface area contributed by atoms with E-state index in [0.717, 1.165) is 0 Å². The van der Waals surface area contributed by atoms with Crippen molar-refractivity contribution in [3.8, 4) is 0 Å². The summed E-state index contributed by atoms with van der Waals surface area (Å²) in [5, 5.41) is 11.5. The Morgan fingerprint density at radius 3 is 2.33 bits per heavy atom. The monoisotopic (exact) mass is 347 g/mol. The number of ether oxygens (including phenoxy) is 1. The summed E-state index contributed by atoms with van der Waals surface area (Å²) in [6.45, 7) is 0.876. The highest BCUT2D eigenvalue weighted by molar-refractivity contribution is 6.04. The lowest BCUT2D eigenvalue weighted by Crippen LogP contribution is -2.44. The minimum Gasteiger partial charge on any atom is -0.455 e. The highest BCUT2D eigenvalue weighted by atomic mass is 19.4. The van der Waals surface area contributed by atoms with Crippen LogP contribution in [0.3, 0.4) is 0 Å². The fourth-order valence-corrected chi connectivity index (χ4v) is 1.66. The van der Waals surface area contributed by atoms with Crippen LogP contribution in [0, 0.1) is 0 Å². The maximum Gasteiger partial charge on any atom is 0.417 e. The van der Waals surface area contributed by atoms with Crippen LogP contribution in [-0.4, -0.2) is 41.2 Å². The van der Waals surface area contributed by atoms with E-state index in [0.29, 0.717) is 6.92 Å². The molecule has 0 saturated carbocycles. The summed E-state index contributed by atoms with van der Waals surface area (Å²) < 4.78 is 41.7. The minimum atomic E-state index is -5.01. The van der Waals surface area contributed by atoms with Gasteiger partial charge in [-0.25, -0.2) is 0 Å². The minimum absolute atomic E-state index is 0.188. The number of ketones is 1. The van der Waals surface area contributed by atoms with Crippen molar-refractivity contribution in [2.24, 2.45) is 0 Å². The summed E-state index contributed by atoms with van der Waals surface area (Å²) in [6.07, 6.45) is -6.34. The Kier molecular flexibility index (Phi) is 6.08. The molecular weight excluding hydrogens is 331 g/mol. The van der Waals surface area contributed by atoms with Gasteiger partial charge in [0.15, 0.2) is 18.0 Å². The standard InChI is InChI=1S/C15H16F3NO5/c1-9(20)10-5-3-4-6-11(10)19-12(21)8-24-13(22)7-14(2,23)15(16,17)18/h3-6,23H,7-8H2,1-2H3,(H,19,21)/t14-/m1/s1. The van der Waals surface area contributed by atoms with Crippen molar-refractivity contribution in [1.82, 2.24) is 0 Å². The van der Waals surface area contributed by atoms with Gasteiger partial charge in [-0.3, -0.25) is 14.4 Å². The lowest BCUT2D eigenvalue weighted by atomic mass is 10.0. The lowest BCUT2D eigenvalue weighted by molar-refractivity contribution is -0.255. The number of benzene rings is 1. The van der Waals surface area contributed by atoms with Crippen LogP contribution in [0.15, 0.2) is 24.3 Å². The summed E-state index contributed by atoms with van der Waals surface area (Å²) in [4.78, 5) is 34.4. The lowest BCUT2D eigenvalue weighted by Gasteiger charge is -2.24. The van der Waals surface area contributed by atoms with Gasteiger partial charge < -0.3 is 15.2 Å². The highest BCUT2D eigenvalue weighted by Gasteiger charge is 2.51. The summed E-state index contributed by atoms with van der Waals surface area (Å²) in [6, 6.07) is 6.08. The Balaban J connectivity index is 2.59. The first kappa shape index (κ1) is 19.6. The van der Waals surface area contributed by atoms with Gasteiger partial charge >= 0.3 is 12.1 Å². The first-order valence-corrected chi connectivity index (χ1v) is 6.78. The summed E-state index contributed by atoms with van der Waals surface area (Å²) in [5.74, 6) is -2.51. The van der Waals surface area contributed by atoms with Crippen LogP contribution in [0.2, 0.25) is 0 Å². The molecule has 0 radical (unpaired) electrons. The van der Waals surface area contributed by atoms with Gasteiger partial charge in [0.25, 0.3) is 5.91 Å². The predicted octanol–water partition coefficient (Wildman–Crippen LogP) is 2.07. The van der Waals surface area contributed by atoms with E-state index in [4.69, 9.17) is 5.11 Å². The third-order valence-electron chi connectivity index (χ3n) is 3.04. The van der Waals surface area contributed by atoms with E-state index < -0.39 is 36.7 Å². The molecular formula is C15H16F3NO5. The molecule has 0 bridgehead atoms. The number of aliphatic hydroxyl groups is 1. The zero-order chi connectivity index (χ0) is 18.5. The van der Waals surface area contributed by atoms with Crippen LogP contribution in [-0.2, 0) is 14.3 Å². The van der Waals surface area contributed by atoms with Crippen molar-refractivity contribution in [2.45, 2.75) is 32.0 Å². The first-order valence-electron chi connectivity index (χ1n) is 6.78. The number of Topliss-reactive ketones (excluding diaryl/α,β-unsaturated/α-hetero) is 1. The summed E-state index contributed by atoms with van der Waals surface area (Å²) >= 11 is 0. The Bertz CT molecular complexity index is 640. The second kappa shape index (κ2) is 7.43. The fourth-order valence-electron chi connectivity index (χ4n) is 1.66. The topological polar surface area (TPSA) is 92.7 Å². The molecule has 9 heteroatoms. The molecule has 1 amide bonds. The molecule has 0 fully saturated rings. The number of nitrogens with one attached hydrogen (secondary N) is 1. The predicted molar refractivity (Wildman–Crippen MR) is 77.3 cm³/mol. The van der Waals surface area contributed by atoms with E-state index >= 15 is 0 Å². The molecule has 1 aromatic rings. The average Bonchev–Trinajstić information content (AvgIpc) is 2.44. The third kappa shape index (κ3) is 5.34. The summed E-state index contributed by atoms with van der Waals surface area (Å²) in [7, 11) is 0. The number of para-hydroxylation sites is 1. The molecule has 0 unspecified atom stereocenters. The van der Waals surface area contributed by atoms with E-state index in [1.165, 1.54) is 19.1 Å². The Morgan fingerprint density at radius 1 is 1.21 bits per heavy atom. The van der Waals surface area contributed by atoms with Crippen LogP contribution in [0.25, 0.3) is 0 Å². The van der Waals surface area contributed by atoms with Crippen molar-refractivity contribution < 1.29 is 37.4 Å². The maximum atomic E-state index is 12.4. The molecule has 6 nitrogen and oxygen atoms in total. The molecule has 0 heterocycles. The number of amides is 1. The van der Waals surface area contributed by atoms with Gasteiger partial charge in [-0.1, -0.05) is 12.1 Å². The Morgan fingerprint density at radius 2 is 1.79 bits per heavy atom. The second-order valence-electron chi connectivity index (χ2n) is 5.26. The highest BCUT2D eigenvalue weighted by Crippen LogP contribution is 2.32. The van der Waals surface area contributed by atoms with Gasteiger partial charge in [-0.05, 0) is 26.0 Å². The number of carbonyl (C=O) groups is 3. The number of esters is 1. The van der Waals surface area contributed by atoms with Crippen molar-refractivity contribution in [3.63, 3.8) is 0 Å². The smallest absolute Gasteiger partial charge is 0.417 e. The summed E-state index contributed by atoms with van der Waals surface area (Å²) in [5.41, 5.74) is -2.83. The molecule has 0 aliphatic heterocycles. The second-order valence-corrected chi connectivity index (χ2v) is 5.26. The first-order chi connectivity index (χ1) is 10.9. The zero-order valence-corrected chi connectivity index (χ0v) is 12.9. The molecule has 1 aromatic carbocycles. The normalized spacial score (nSPS) is 13.8. The van der Waals surface area contributed by atoms with E-state index in [-0.39, 0.29) is 17.0 Å². The van der Waals surface area contributed by atoms with Crippen molar-refractivity contribution in [1.29, 1.82) is 0 Å².